The first-order chi connectivity index (χ1) is 13.9. The number of rotatable bonds is 6. The van der Waals surface area contributed by atoms with Gasteiger partial charge in [0, 0.05) is 18.7 Å². The Morgan fingerprint density at radius 3 is 2.62 bits per heavy atom. The minimum atomic E-state index is -0.488. The van der Waals surface area contributed by atoms with Gasteiger partial charge in [-0.2, -0.15) is 0 Å². The van der Waals surface area contributed by atoms with E-state index in [2.05, 4.69) is 16.2 Å². The summed E-state index contributed by atoms with van der Waals surface area (Å²) in [6, 6.07) is 13.8. The van der Waals surface area contributed by atoms with Crippen molar-refractivity contribution < 1.29 is 9.72 Å². The van der Waals surface area contributed by atoms with Crippen LogP contribution in [0.1, 0.15) is 27.3 Å². The maximum atomic E-state index is 13.1. The number of aromatic nitrogens is 3. The number of carbonyl (C=O) groups is 1. The Bertz CT molecular complexity index is 1100. The summed E-state index contributed by atoms with van der Waals surface area (Å²) >= 11 is 0. The van der Waals surface area contributed by atoms with Crippen molar-refractivity contribution in [3.8, 4) is 18.0 Å². The smallest absolute Gasteiger partial charge is 0.277 e. The quantitative estimate of drug-likeness (QED) is 0.367. The molecule has 0 fully saturated rings. The second-order valence-corrected chi connectivity index (χ2v) is 6.56. The fourth-order valence-electron chi connectivity index (χ4n) is 2.88. The monoisotopic (exact) mass is 389 g/mol. The van der Waals surface area contributed by atoms with Crippen molar-refractivity contribution >= 4 is 11.6 Å². The van der Waals surface area contributed by atoms with E-state index >= 15 is 0 Å². The molecule has 3 rings (SSSR count). The molecule has 0 radical (unpaired) electrons. The molecule has 0 atom stereocenters. The number of terminal acetylenes is 1. The number of hydrogen-bond acceptors (Lipinski definition) is 5. The van der Waals surface area contributed by atoms with Crippen LogP contribution >= 0.6 is 0 Å². The summed E-state index contributed by atoms with van der Waals surface area (Å²) in [7, 11) is 0. The van der Waals surface area contributed by atoms with E-state index in [-0.39, 0.29) is 23.8 Å². The van der Waals surface area contributed by atoms with Crippen molar-refractivity contribution in [2.45, 2.75) is 20.4 Å². The minimum absolute atomic E-state index is 0.0707. The standard InChI is InChI=1S/C21H19N5O3/c1-4-12-24(14-17-10-8-15(2)9-11-17)21(27)20-16(3)25(23-22-20)18-6-5-7-19(13-18)26(28)29/h1,5-11,13H,12,14H2,2-3H3. The Hall–Kier alpha value is -3.99. The zero-order valence-corrected chi connectivity index (χ0v) is 16.1. The van der Waals surface area contributed by atoms with Crippen molar-refractivity contribution in [1.29, 1.82) is 0 Å². The van der Waals surface area contributed by atoms with Crippen molar-refractivity contribution in [2.24, 2.45) is 0 Å². The molecule has 8 heteroatoms. The van der Waals surface area contributed by atoms with Gasteiger partial charge in [0.1, 0.15) is 0 Å². The van der Waals surface area contributed by atoms with Crippen molar-refractivity contribution in [3.05, 3.63) is 81.2 Å². The molecule has 0 aliphatic carbocycles. The van der Waals surface area contributed by atoms with Crippen LogP contribution in [0.15, 0.2) is 48.5 Å². The van der Waals surface area contributed by atoms with Crippen LogP contribution in [0.4, 0.5) is 5.69 Å². The van der Waals surface area contributed by atoms with E-state index in [0.29, 0.717) is 17.9 Å². The van der Waals surface area contributed by atoms with E-state index in [9.17, 15) is 14.9 Å². The largest absolute Gasteiger partial charge is 0.322 e. The van der Waals surface area contributed by atoms with Gasteiger partial charge >= 0.3 is 0 Å². The minimum Gasteiger partial charge on any atom is -0.322 e. The molecule has 3 aromatic rings. The average molecular weight is 389 g/mol. The van der Waals surface area contributed by atoms with E-state index in [1.54, 1.807) is 19.1 Å². The molecular weight excluding hydrogens is 370 g/mol. The number of carbonyl (C=O) groups excluding carboxylic acids is 1. The van der Waals surface area contributed by atoms with Gasteiger partial charge in [-0.05, 0) is 25.5 Å². The molecule has 8 nitrogen and oxygen atoms in total. The summed E-state index contributed by atoms with van der Waals surface area (Å²) in [4.78, 5) is 25.1. The lowest BCUT2D eigenvalue weighted by molar-refractivity contribution is -0.384. The predicted molar refractivity (Wildman–Crippen MR) is 108 cm³/mol. The summed E-state index contributed by atoms with van der Waals surface area (Å²) in [6.07, 6.45) is 5.45. The lowest BCUT2D eigenvalue weighted by Gasteiger charge is -2.19. The van der Waals surface area contributed by atoms with Crippen LogP contribution in [-0.4, -0.2) is 37.3 Å². The van der Waals surface area contributed by atoms with Crippen LogP contribution in [-0.2, 0) is 6.54 Å². The van der Waals surface area contributed by atoms with Gasteiger partial charge in [0.2, 0.25) is 0 Å². The first-order valence-electron chi connectivity index (χ1n) is 8.86. The molecule has 1 amide bonds. The second kappa shape index (κ2) is 8.35. The SMILES string of the molecule is C#CCN(Cc1ccc(C)cc1)C(=O)c1nnn(-c2cccc([N+](=O)[O-])c2)c1C. The molecule has 0 saturated heterocycles. The number of amides is 1. The maximum absolute atomic E-state index is 13.1. The maximum Gasteiger partial charge on any atom is 0.277 e. The lowest BCUT2D eigenvalue weighted by Crippen LogP contribution is -2.31. The van der Waals surface area contributed by atoms with Gasteiger partial charge in [0.25, 0.3) is 11.6 Å². The molecular formula is C21H19N5O3. The van der Waals surface area contributed by atoms with Gasteiger partial charge in [0.05, 0.1) is 22.8 Å². The highest BCUT2D eigenvalue weighted by atomic mass is 16.6. The van der Waals surface area contributed by atoms with Gasteiger partial charge in [-0.25, -0.2) is 4.68 Å². The van der Waals surface area contributed by atoms with Gasteiger partial charge in [-0.15, -0.1) is 11.5 Å². The van der Waals surface area contributed by atoms with Crippen LogP contribution in [0, 0.1) is 36.3 Å². The molecule has 0 N–H and O–H groups in total. The van der Waals surface area contributed by atoms with Crippen LogP contribution in [0.25, 0.3) is 5.69 Å². The summed E-state index contributed by atoms with van der Waals surface area (Å²) in [5.74, 6) is 2.15. The van der Waals surface area contributed by atoms with Crippen molar-refractivity contribution in [2.75, 3.05) is 6.54 Å². The van der Waals surface area contributed by atoms with Crippen molar-refractivity contribution in [3.63, 3.8) is 0 Å². The normalized spacial score (nSPS) is 10.4. The van der Waals surface area contributed by atoms with Crippen LogP contribution in [0.2, 0.25) is 0 Å². The third kappa shape index (κ3) is 4.30. The number of nitro groups is 1. The van der Waals surface area contributed by atoms with Crippen LogP contribution in [0.5, 0.6) is 0 Å². The molecule has 0 aliphatic heterocycles. The zero-order chi connectivity index (χ0) is 21.0. The van der Waals surface area contributed by atoms with E-state index in [1.165, 1.54) is 21.7 Å². The molecule has 29 heavy (non-hydrogen) atoms. The number of non-ortho nitro benzene ring substituents is 1. The molecule has 1 aromatic heterocycles. The zero-order valence-electron chi connectivity index (χ0n) is 16.1. The number of nitro benzene ring substituents is 1. The first-order valence-corrected chi connectivity index (χ1v) is 8.86. The fraction of sp³-hybridized carbons (Fsp3) is 0.190. The number of aryl methyl sites for hydroxylation is 1. The molecule has 2 aromatic carbocycles. The van der Waals surface area contributed by atoms with Crippen LogP contribution in [0.3, 0.4) is 0 Å². The Balaban J connectivity index is 1.90. The predicted octanol–water partition coefficient (Wildman–Crippen LogP) is 3.07. The Morgan fingerprint density at radius 2 is 1.97 bits per heavy atom. The number of nitrogens with zero attached hydrogens (tertiary/aromatic N) is 5. The highest BCUT2D eigenvalue weighted by molar-refractivity contribution is 5.93. The van der Waals surface area contributed by atoms with E-state index in [0.717, 1.165) is 11.1 Å². The van der Waals surface area contributed by atoms with E-state index in [4.69, 9.17) is 6.42 Å². The fourth-order valence-corrected chi connectivity index (χ4v) is 2.88. The summed E-state index contributed by atoms with van der Waals surface area (Å²) in [6.45, 7) is 4.14. The third-order valence-corrected chi connectivity index (χ3v) is 4.45. The molecule has 0 unspecified atom stereocenters. The molecule has 146 valence electrons. The summed E-state index contributed by atoms with van der Waals surface area (Å²) < 4.78 is 1.40. The Morgan fingerprint density at radius 1 is 1.24 bits per heavy atom. The highest BCUT2D eigenvalue weighted by Crippen LogP contribution is 2.19. The highest BCUT2D eigenvalue weighted by Gasteiger charge is 2.23. The van der Waals surface area contributed by atoms with Crippen LogP contribution < -0.4 is 0 Å². The van der Waals surface area contributed by atoms with Crippen molar-refractivity contribution in [1.82, 2.24) is 19.9 Å². The van der Waals surface area contributed by atoms with Gasteiger partial charge in [-0.3, -0.25) is 14.9 Å². The van der Waals surface area contributed by atoms with E-state index < -0.39 is 4.92 Å². The first kappa shape index (κ1) is 19.8. The summed E-state index contributed by atoms with van der Waals surface area (Å²) in [5.41, 5.74) is 3.08. The lowest BCUT2D eigenvalue weighted by atomic mass is 10.1. The van der Waals surface area contributed by atoms with Gasteiger partial charge in [0.15, 0.2) is 5.69 Å². The van der Waals surface area contributed by atoms with E-state index in [1.807, 2.05) is 31.2 Å². The molecule has 0 bridgehead atoms. The van der Waals surface area contributed by atoms with Gasteiger partial charge in [-0.1, -0.05) is 47.0 Å². The topological polar surface area (TPSA) is 94.2 Å². The Kier molecular flexibility index (Phi) is 5.69. The summed E-state index contributed by atoms with van der Waals surface area (Å²) in [5, 5.41) is 19.0. The Labute approximate surface area is 167 Å². The molecule has 0 saturated carbocycles. The second-order valence-electron chi connectivity index (χ2n) is 6.56. The number of hydrogen-bond donors (Lipinski definition) is 0. The average Bonchev–Trinajstić information content (AvgIpc) is 3.10. The van der Waals surface area contributed by atoms with Gasteiger partial charge < -0.3 is 4.90 Å². The molecule has 0 aliphatic rings. The number of benzene rings is 2. The molecule has 0 spiro atoms. The third-order valence-electron chi connectivity index (χ3n) is 4.45. The molecule has 1 heterocycles.